The molecular weight excluding hydrogens is 861 g/mol. The Labute approximate surface area is 385 Å². The van der Waals surface area contributed by atoms with Crippen LogP contribution in [0.1, 0.15) is 82.2 Å². The molecule has 0 bridgehead atoms. The second kappa shape index (κ2) is 20.9. The molecule has 9 N–H and O–H groups in total. The second-order valence-corrected chi connectivity index (χ2v) is 16.4. The van der Waals surface area contributed by atoms with Crippen molar-refractivity contribution in [1.82, 2.24) is 36.1 Å². The number of primary amides is 1. The molecule has 2 aliphatic heterocycles. The summed E-state index contributed by atoms with van der Waals surface area (Å²) in [5.41, 5.74) is 9.27. The SMILES string of the molecule is CCC12CCN(C(=O)c3cc4cc(NC(=O)c5ccc(NC(=O)[C@H](CCCNC(N)=O)NC(=O)CNCCNC(=O)CCCN6C(=O)C=CC6=O)cc5)ccc4[nH]3)C1=CC(=O)c1ccccc12. The highest BCUT2D eigenvalue weighted by Gasteiger charge is 2.49. The number of ketones is 1. The highest BCUT2D eigenvalue weighted by molar-refractivity contribution is 6.13. The number of hydrogen-bond donors (Lipinski definition) is 8. The van der Waals surface area contributed by atoms with Crippen LogP contribution in [0.4, 0.5) is 16.2 Å². The first-order valence-corrected chi connectivity index (χ1v) is 22.1. The Hall–Kier alpha value is -7.93. The maximum Gasteiger partial charge on any atom is 0.312 e. The number of nitrogens with two attached hydrogens (primary N) is 1. The molecule has 1 saturated heterocycles. The van der Waals surface area contributed by atoms with Crippen molar-refractivity contribution in [2.24, 2.45) is 5.73 Å². The lowest BCUT2D eigenvalue weighted by Gasteiger charge is -2.35. The van der Waals surface area contributed by atoms with Gasteiger partial charge in [-0.2, -0.15) is 0 Å². The van der Waals surface area contributed by atoms with Gasteiger partial charge in [-0.25, -0.2) is 4.79 Å². The van der Waals surface area contributed by atoms with Crippen LogP contribution in [0.3, 0.4) is 0 Å². The Morgan fingerprint density at radius 1 is 0.821 bits per heavy atom. The standard InChI is InChI=1S/C48H52N10O9/c1-2-48-19-24-57(39(48)27-38(59)33-7-3-4-8-34(33)48)46(66)37-26-30-25-32(15-16-35(30)55-37)54-44(64)29-11-13-31(14-12-29)53-45(65)36(9-5-20-52-47(49)67)56-41(61)28-50-21-22-51-40(60)10-6-23-58-42(62)17-18-43(58)63/h3-4,7-8,11-18,25-27,36,50,55H,2,5-6,9-10,19-24,28H2,1H3,(H,51,60)(H,53,65)(H,54,64)(H,56,61)(H3,49,52,67)/t36-,48?/m0/s1. The molecule has 0 saturated carbocycles. The van der Waals surface area contributed by atoms with E-state index in [0.717, 1.165) is 16.9 Å². The van der Waals surface area contributed by atoms with E-state index >= 15 is 0 Å². The molecule has 19 nitrogen and oxygen atoms in total. The Kier molecular flexibility index (Phi) is 14.7. The average molecular weight is 913 g/mol. The van der Waals surface area contributed by atoms with Gasteiger partial charge in [-0.15, -0.1) is 0 Å². The number of nitrogens with zero attached hydrogens (tertiary/aromatic N) is 2. The molecule has 7 rings (SSSR count). The smallest absolute Gasteiger partial charge is 0.312 e. The number of aromatic nitrogens is 1. The van der Waals surface area contributed by atoms with Crippen LogP contribution >= 0.6 is 0 Å². The molecule has 1 unspecified atom stereocenters. The van der Waals surface area contributed by atoms with Gasteiger partial charge in [-0.1, -0.05) is 31.2 Å². The predicted octanol–water partition coefficient (Wildman–Crippen LogP) is 2.98. The Balaban J connectivity index is 0.890. The highest BCUT2D eigenvalue weighted by Crippen LogP contribution is 2.49. The first kappa shape index (κ1) is 47.0. The number of rotatable bonds is 20. The van der Waals surface area contributed by atoms with Gasteiger partial charge in [0.25, 0.3) is 23.6 Å². The highest BCUT2D eigenvalue weighted by atomic mass is 16.2. The number of H-pyrrole nitrogens is 1. The van der Waals surface area contributed by atoms with Crippen molar-refractivity contribution >= 4 is 75.4 Å². The van der Waals surface area contributed by atoms with Gasteiger partial charge in [0.05, 0.1) is 6.54 Å². The Morgan fingerprint density at radius 2 is 1.57 bits per heavy atom. The molecule has 0 spiro atoms. The minimum absolute atomic E-state index is 0.105. The zero-order chi connectivity index (χ0) is 47.7. The molecule has 3 heterocycles. The first-order valence-electron chi connectivity index (χ1n) is 22.1. The van der Waals surface area contributed by atoms with Crippen molar-refractivity contribution in [3.63, 3.8) is 0 Å². The molecule has 348 valence electrons. The molecule has 0 radical (unpaired) electrons. The summed E-state index contributed by atoms with van der Waals surface area (Å²) in [4.78, 5) is 119. The average Bonchev–Trinajstić information content (AvgIpc) is 4.01. The molecular formula is C48H52N10O9. The number of carbonyl (C=O) groups is 9. The number of nitrogens with one attached hydrogen (secondary N) is 7. The number of benzene rings is 3. The summed E-state index contributed by atoms with van der Waals surface area (Å²) in [6.45, 7) is 3.13. The minimum atomic E-state index is -0.998. The van der Waals surface area contributed by atoms with Crippen molar-refractivity contribution in [1.29, 1.82) is 0 Å². The van der Waals surface area contributed by atoms with E-state index in [2.05, 4.69) is 43.8 Å². The van der Waals surface area contributed by atoms with Gasteiger partial charge in [0.15, 0.2) is 5.78 Å². The number of hydrogen-bond acceptors (Lipinski definition) is 10. The molecule has 2 atom stereocenters. The van der Waals surface area contributed by atoms with Crippen LogP contribution in [-0.2, 0) is 29.4 Å². The fourth-order valence-electron chi connectivity index (χ4n) is 8.65. The summed E-state index contributed by atoms with van der Waals surface area (Å²) < 4.78 is 0. The van der Waals surface area contributed by atoms with Crippen LogP contribution in [0, 0.1) is 0 Å². The molecule has 19 heteroatoms. The van der Waals surface area contributed by atoms with Gasteiger partial charge in [0.2, 0.25) is 17.7 Å². The lowest BCUT2D eigenvalue weighted by atomic mass is 9.69. The van der Waals surface area contributed by atoms with Crippen LogP contribution in [0.25, 0.3) is 10.9 Å². The fraction of sp³-hybridized carbons (Fsp3) is 0.312. The van der Waals surface area contributed by atoms with Crippen molar-refractivity contribution in [2.75, 3.05) is 49.9 Å². The zero-order valence-corrected chi connectivity index (χ0v) is 36.9. The third kappa shape index (κ3) is 11.0. The summed E-state index contributed by atoms with van der Waals surface area (Å²) in [7, 11) is 0. The molecule has 1 aliphatic carbocycles. The lowest BCUT2D eigenvalue weighted by Crippen LogP contribution is -2.47. The monoisotopic (exact) mass is 912 g/mol. The van der Waals surface area contributed by atoms with Gasteiger partial charge in [-0.3, -0.25) is 43.3 Å². The van der Waals surface area contributed by atoms with E-state index in [0.29, 0.717) is 70.6 Å². The molecule has 1 fully saturated rings. The van der Waals surface area contributed by atoms with Gasteiger partial charge in [-0.05, 0) is 86.2 Å². The summed E-state index contributed by atoms with van der Waals surface area (Å²) >= 11 is 0. The maximum absolute atomic E-state index is 14.0. The van der Waals surface area contributed by atoms with E-state index in [1.54, 1.807) is 47.4 Å². The number of anilines is 2. The van der Waals surface area contributed by atoms with E-state index in [9.17, 15) is 43.2 Å². The summed E-state index contributed by atoms with van der Waals surface area (Å²) in [6, 6.07) is 19.0. The maximum atomic E-state index is 14.0. The number of urea groups is 1. The number of aromatic amines is 1. The van der Waals surface area contributed by atoms with Crippen molar-refractivity contribution in [3.8, 4) is 0 Å². The molecule has 3 aromatic carbocycles. The topological polar surface area (TPSA) is 274 Å². The van der Waals surface area contributed by atoms with E-state index < -0.39 is 47.0 Å². The van der Waals surface area contributed by atoms with Gasteiger partial charge in [0.1, 0.15) is 11.7 Å². The van der Waals surface area contributed by atoms with E-state index in [1.807, 2.05) is 24.3 Å². The summed E-state index contributed by atoms with van der Waals surface area (Å²) in [5, 5.41) is 17.1. The number of likely N-dealkylation sites (tertiary alicyclic amines) is 1. The van der Waals surface area contributed by atoms with E-state index in [1.165, 1.54) is 24.3 Å². The second-order valence-electron chi connectivity index (χ2n) is 16.4. The Bertz CT molecular complexity index is 2670. The third-order valence-electron chi connectivity index (χ3n) is 12.1. The summed E-state index contributed by atoms with van der Waals surface area (Å²) in [6.07, 6.45) is 6.30. The van der Waals surface area contributed by atoms with Gasteiger partial charge in [0, 0.05) is 102 Å². The first-order chi connectivity index (χ1) is 32.3. The minimum Gasteiger partial charge on any atom is -0.355 e. The zero-order valence-electron chi connectivity index (χ0n) is 36.9. The van der Waals surface area contributed by atoms with Crippen molar-refractivity contribution in [2.45, 2.75) is 56.9 Å². The van der Waals surface area contributed by atoms with Gasteiger partial charge >= 0.3 is 6.03 Å². The quantitative estimate of drug-likeness (QED) is 0.0474. The molecule has 4 aromatic rings. The van der Waals surface area contributed by atoms with Crippen LogP contribution in [0.15, 0.2) is 96.7 Å². The lowest BCUT2D eigenvalue weighted by molar-refractivity contribution is -0.137. The Morgan fingerprint density at radius 3 is 2.31 bits per heavy atom. The molecule has 3 aliphatic rings. The van der Waals surface area contributed by atoms with Crippen LogP contribution in [-0.4, -0.2) is 113 Å². The largest absolute Gasteiger partial charge is 0.355 e. The van der Waals surface area contributed by atoms with Crippen molar-refractivity contribution in [3.05, 3.63) is 119 Å². The number of allylic oxidation sites excluding steroid dienone is 2. The predicted molar refractivity (Wildman–Crippen MR) is 248 cm³/mol. The number of amides is 9. The van der Waals surface area contributed by atoms with E-state index in [4.69, 9.17) is 5.73 Å². The van der Waals surface area contributed by atoms with E-state index in [-0.39, 0.29) is 63.2 Å². The third-order valence-corrected chi connectivity index (χ3v) is 12.1. The molecule has 9 amide bonds. The van der Waals surface area contributed by atoms with Crippen LogP contribution < -0.4 is 37.6 Å². The number of carbonyl (C=O) groups excluding carboxylic acids is 9. The number of imide groups is 1. The van der Waals surface area contributed by atoms with Crippen LogP contribution in [0.2, 0.25) is 0 Å². The molecule has 1 aromatic heterocycles. The van der Waals surface area contributed by atoms with Crippen molar-refractivity contribution < 1.29 is 43.2 Å². The molecule has 67 heavy (non-hydrogen) atoms. The van der Waals surface area contributed by atoms with Gasteiger partial charge < -0.3 is 47.5 Å². The normalized spacial score (nSPS) is 16.6. The fourth-order valence-corrected chi connectivity index (χ4v) is 8.65. The van der Waals surface area contributed by atoms with Crippen LogP contribution in [0.5, 0.6) is 0 Å². The number of fused-ring (bicyclic) bond motifs is 4. The summed E-state index contributed by atoms with van der Waals surface area (Å²) in [5.74, 6) is -2.90.